The number of aliphatic hydroxyl groups excluding tert-OH is 3. The van der Waals surface area contributed by atoms with Crippen molar-refractivity contribution in [2.45, 2.75) is 86.4 Å². The zero-order valence-corrected chi connectivity index (χ0v) is 17.7. The summed E-state index contributed by atoms with van der Waals surface area (Å²) in [5, 5.41) is 24.2. The fourth-order valence-electron chi connectivity index (χ4n) is 0.433. The molecule has 0 atom stereocenters. The van der Waals surface area contributed by atoms with Crippen molar-refractivity contribution in [3.63, 3.8) is 0 Å². The molecule has 0 rings (SSSR count). The summed E-state index contributed by atoms with van der Waals surface area (Å²) in [4.78, 5) is 0. The number of allylic oxidation sites excluding steroid dienone is 1. The topological polar surface area (TPSA) is 60.7 Å². The predicted molar refractivity (Wildman–Crippen MR) is 88.9 cm³/mol. The normalized spacial score (nSPS) is 10.0. The van der Waals surface area contributed by atoms with Crippen molar-refractivity contribution < 1.29 is 37.0 Å². The van der Waals surface area contributed by atoms with Crippen LogP contribution < -0.4 is 0 Å². The molecule has 0 saturated heterocycles. The Kier molecular flexibility index (Phi) is 35.5. The van der Waals surface area contributed by atoms with Gasteiger partial charge in [-0.05, 0) is 41.5 Å². The van der Waals surface area contributed by atoms with E-state index < -0.39 is 8.07 Å². The third-order valence-electron chi connectivity index (χ3n) is 0.577. The van der Waals surface area contributed by atoms with Crippen LogP contribution in [0.3, 0.4) is 0 Å². The first kappa shape index (κ1) is 32.5. The van der Waals surface area contributed by atoms with E-state index in [0.717, 1.165) is 0 Å². The summed E-state index contributed by atoms with van der Waals surface area (Å²) in [5.41, 5.74) is 3.30. The second-order valence-corrected chi connectivity index (χ2v) is 10.8. The Morgan fingerprint density at radius 3 is 0.900 bits per heavy atom. The molecule has 0 amide bonds. The summed E-state index contributed by atoms with van der Waals surface area (Å²) in [5.74, 6) is 0. The molecule has 0 aromatic carbocycles. The van der Waals surface area contributed by atoms with Crippen molar-refractivity contribution in [3.8, 4) is 0 Å². The zero-order chi connectivity index (χ0) is 16.6. The summed E-state index contributed by atoms with van der Waals surface area (Å²) >= 11 is 0. The number of aliphatic hydroxyl groups is 3. The van der Waals surface area contributed by atoms with Gasteiger partial charge in [-0.1, -0.05) is 26.6 Å². The fraction of sp³-hybridized carbons (Fsp3) is 0.867. The van der Waals surface area contributed by atoms with Crippen LogP contribution in [0, 0.1) is 5.70 Å². The Morgan fingerprint density at radius 2 is 0.900 bits per heavy atom. The van der Waals surface area contributed by atoms with Gasteiger partial charge in [0.2, 0.25) is 0 Å². The maximum Gasteiger partial charge on any atom is 0.0483 e. The molecule has 0 aromatic heterocycles. The van der Waals surface area contributed by atoms with E-state index in [1.54, 1.807) is 41.5 Å². The van der Waals surface area contributed by atoms with Crippen LogP contribution >= 0.6 is 0 Å². The van der Waals surface area contributed by atoms with E-state index in [2.05, 4.69) is 25.3 Å². The molecule has 20 heavy (non-hydrogen) atoms. The summed E-state index contributed by atoms with van der Waals surface area (Å²) < 4.78 is 0. The van der Waals surface area contributed by atoms with Gasteiger partial charge in [-0.15, -0.1) is 8.07 Å². The van der Waals surface area contributed by atoms with Gasteiger partial charge in [0.15, 0.2) is 0 Å². The van der Waals surface area contributed by atoms with Gasteiger partial charge in [0, 0.05) is 40.0 Å². The van der Waals surface area contributed by atoms with Crippen LogP contribution in [0.1, 0.15) is 48.5 Å². The summed E-state index contributed by atoms with van der Waals surface area (Å²) in [6.07, 6.45) is 1.52. The van der Waals surface area contributed by atoms with Crippen LogP contribution in [-0.2, 0) is 21.7 Å². The third-order valence-corrected chi connectivity index (χ3v) is 1.73. The largest absolute Gasteiger partial charge is 0.502 e. The molecular formula is C15H37O3SiTi-. The molecule has 0 bridgehead atoms. The summed E-state index contributed by atoms with van der Waals surface area (Å²) in [6.45, 7) is 19.2. The minimum absolute atomic E-state index is 0. The molecular weight excluding hydrogens is 304 g/mol. The first-order valence-corrected chi connectivity index (χ1v) is 10.4. The first-order valence-electron chi connectivity index (χ1n) is 6.85. The van der Waals surface area contributed by atoms with E-state index in [4.69, 9.17) is 15.3 Å². The molecule has 0 unspecified atom stereocenters. The quantitative estimate of drug-likeness (QED) is 0.506. The second kappa shape index (κ2) is 21.8. The predicted octanol–water partition coefficient (Wildman–Crippen LogP) is 3.40. The molecule has 5 heteroatoms. The van der Waals surface area contributed by atoms with Gasteiger partial charge in [0.25, 0.3) is 0 Å². The average molecular weight is 341 g/mol. The Bertz CT molecular complexity index is 154. The molecule has 0 heterocycles. The minimum Gasteiger partial charge on any atom is -0.502 e. The van der Waals surface area contributed by atoms with Crippen LogP contribution in [0.15, 0.2) is 6.08 Å². The van der Waals surface area contributed by atoms with E-state index >= 15 is 0 Å². The van der Waals surface area contributed by atoms with Gasteiger partial charge in [0.1, 0.15) is 0 Å². The van der Waals surface area contributed by atoms with Crippen LogP contribution in [0.25, 0.3) is 0 Å². The van der Waals surface area contributed by atoms with Gasteiger partial charge in [-0.3, -0.25) is 6.08 Å². The zero-order valence-electron chi connectivity index (χ0n) is 15.2. The summed E-state index contributed by atoms with van der Waals surface area (Å²) in [7, 11) is -0.963. The van der Waals surface area contributed by atoms with E-state index in [9.17, 15) is 0 Å². The van der Waals surface area contributed by atoms with Crippen molar-refractivity contribution in [2.75, 3.05) is 0 Å². The van der Waals surface area contributed by atoms with Crippen LogP contribution in [0.2, 0.25) is 19.6 Å². The number of hydrogen-bond donors (Lipinski definition) is 3. The molecule has 0 radical (unpaired) electrons. The Balaban J connectivity index is -0.0000000512. The monoisotopic (exact) mass is 341 g/mol. The third kappa shape index (κ3) is 276. The molecule has 0 saturated carbocycles. The maximum atomic E-state index is 8.06. The van der Waals surface area contributed by atoms with Crippen LogP contribution in [-0.4, -0.2) is 41.7 Å². The molecule has 3 nitrogen and oxygen atoms in total. The summed E-state index contributed by atoms with van der Waals surface area (Å²) in [6, 6.07) is 0. The standard InChI is InChI=1S/C6H13Si.3C3H8O.Ti/c1-5-6-7(2,3)4;3*1-3(2)4;/h5H,1-4H3;3*3-4H,1-2H3;/q-1;;;;. The molecule has 0 aliphatic heterocycles. The Labute approximate surface area is 143 Å². The second-order valence-electron chi connectivity index (χ2n) is 5.96. The van der Waals surface area contributed by atoms with Gasteiger partial charge in [-0.2, -0.15) is 0 Å². The molecule has 0 spiro atoms. The van der Waals surface area contributed by atoms with E-state index in [-0.39, 0.29) is 40.0 Å². The Hall–Kier alpha value is 0.551. The van der Waals surface area contributed by atoms with Gasteiger partial charge < -0.3 is 21.0 Å². The number of rotatable bonds is 1. The molecule has 124 valence electrons. The molecule has 3 N–H and O–H groups in total. The maximum absolute atomic E-state index is 8.06. The van der Waals surface area contributed by atoms with Crippen molar-refractivity contribution in [2.24, 2.45) is 0 Å². The van der Waals surface area contributed by atoms with E-state index in [0.29, 0.717) is 0 Å². The smallest absolute Gasteiger partial charge is 0.0483 e. The van der Waals surface area contributed by atoms with Crippen LogP contribution in [0.5, 0.6) is 0 Å². The Morgan fingerprint density at radius 1 is 0.750 bits per heavy atom. The van der Waals surface area contributed by atoms with Gasteiger partial charge >= 0.3 is 0 Å². The van der Waals surface area contributed by atoms with E-state index in [1.165, 1.54) is 0 Å². The first-order chi connectivity index (χ1) is 8.26. The van der Waals surface area contributed by atoms with Crippen molar-refractivity contribution in [3.05, 3.63) is 11.8 Å². The van der Waals surface area contributed by atoms with Crippen molar-refractivity contribution in [1.82, 2.24) is 0 Å². The van der Waals surface area contributed by atoms with Crippen molar-refractivity contribution >= 4 is 8.07 Å². The van der Waals surface area contributed by atoms with Gasteiger partial charge in [-0.25, -0.2) is 0 Å². The molecule has 0 aliphatic carbocycles. The fourth-order valence-corrected chi connectivity index (χ4v) is 1.30. The number of hydrogen-bond acceptors (Lipinski definition) is 3. The van der Waals surface area contributed by atoms with Crippen LogP contribution in [0.4, 0.5) is 0 Å². The molecule has 0 aliphatic rings. The molecule has 0 aromatic rings. The average Bonchev–Trinajstić information content (AvgIpc) is 1.96. The van der Waals surface area contributed by atoms with Gasteiger partial charge in [0.05, 0.1) is 0 Å². The molecule has 0 fully saturated rings. The van der Waals surface area contributed by atoms with E-state index in [1.807, 2.05) is 13.0 Å². The van der Waals surface area contributed by atoms with Crippen molar-refractivity contribution in [1.29, 1.82) is 0 Å². The SMILES string of the molecule is CC(C)O.CC(C)O.CC(C)O.CC=[C-][Si](C)(C)C.[Ti]. The minimum atomic E-state index is -0.963.